The Bertz CT molecular complexity index is 120. The Morgan fingerprint density at radius 1 is 1.30 bits per heavy atom. The predicted octanol–water partition coefficient (Wildman–Crippen LogP) is -1.61. The van der Waals surface area contributed by atoms with Gasteiger partial charge in [-0.2, -0.15) is 0 Å². The highest BCUT2D eigenvalue weighted by Gasteiger charge is 2.42. The van der Waals surface area contributed by atoms with E-state index in [4.69, 9.17) is 15.3 Å². The van der Waals surface area contributed by atoms with E-state index in [-0.39, 0.29) is 0 Å². The Labute approximate surface area is 56.9 Å². The minimum atomic E-state index is -1.88. The Hall–Kier alpha value is -0.230. The van der Waals surface area contributed by atoms with Crippen molar-refractivity contribution in [1.82, 2.24) is 0 Å². The molecular weight excluding hydrogens is 143 g/mol. The molecule has 3 N–H and O–H groups in total. The second kappa shape index (κ2) is 2.79. The van der Waals surface area contributed by atoms with E-state index in [9.17, 15) is 4.39 Å². The van der Waals surface area contributed by atoms with E-state index >= 15 is 0 Å². The molecule has 0 aromatic carbocycles. The van der Waals surface area contributed by atoms with Gasteiger partial charge in [-0.25, -0.2) is 4.39 Å². The SMILES string of the molecule is OC[C@@H]1O[C@@H](F)[C@H](O)[C@H]1O. The van der Waals surface area contributed by atoms with Crippen molar-refractivity contribution in [2.24, 2.45) is 0 Å². The summed E-state index contributed by atoms with van der Waals surface area (Å²) in [5, 5.41) is 26.0. The monoisotopic (exact) mass is 152 g/mol. The molecule has 1 heterocycles. The van der Waals surface area contributed by atoms with Crippen LogP contribution >= 0.6 is 0 Å². The van der Waals surface area contributed by atoms with Gasteiger partial charge in [-0.05, 0) is 0 Å². The van der Waals surface area contributed by atoms with Crippen LogP contribution in [0.15, 0.2) is 0 Å². The third-order valence-electron chi connectivity index (χ3n) is 1.48. The molecule has 1 aliphatic heterocycles. The Morgan fingerprint density at radius 3 is 2.10 bits per heavy atom. The van der Waals surface area contributed by atoms with Crippen LogP contribution < -0.4 is 0 Å². The van der Waals surface area contributed by atoms with Crippen molar-refractivity contribution < 1.29 is 24.4 Å². The standard InChI is InChI=1S/C5H9FO4/c6-5-4(9)3(8)2(1-7)10-5/h2-5,7-9H,1H2/t2-,3-,4+,5+/m0/s1. The third kappa shape index (κ3) is 1.13. The second-order valence-corrected chi connectivity index (χ2v) is 2.19. The summed E-state index contributed by atoms with van der Waals surface area (Å²) in [6.45, 7) is -0.487. The smallest absolute Gasteiger partial charge is 0.228 e. The normalized spacial score (nSPS) is 48.0. The summed E-state index contributed by atoms with van der Waals surface area (Å²) in [6, 6.07) is 0. The highest BCUT2D eigenvalue weighted by Crippen LogP contribution is 2.21. The van der Waals surface area contributed by atoms with Gasteiger partial charge in [-0.1, -0.05) is 0 Å². The van der Waals surface area contributed by atoms with E-state index in [0.717, 1.165) is 0 Å². The fraction of sp³-hybridized carbons (Fsp3) is 1.00. The lowest BCUT2D eigenvalue weighted by Crippen LogP contribution is -2.32. The van der Waals surface area contributed by atoms with Gasteiger partial charge in [0.15, 0.2) is 0 Å². The summed E-state index contributed by atoms with van der Waals surface area (Å²) in [4.78, 5) is 0. The lowest BCUT2D eigenvalue weighted by atomic mass is 10.1. The van der Waals surface area contributed by atoms with Crippen molar-refractivity contribution >= 4 is 0 Å². The zero-order valence-corrected chi connectivity index (χ0v) is 5.14. The number of aliphatic hydroxyl groups is 3. The zero-order chi connectivity index (χ0) is 7.72. The summed E-state index contributed by atoms with van der Waals surface area (Å²) in [5.41, 5.74) is 0. The minimum absolute atomic E-state index is 0.487. The molecule has 0 bridgehead atoms. The van der Waals surface area contributed by atoms with E-state index in [0.29, 0.717) is 0 Å². The molecule has 0 aliphatic carbocycles. The van der Waals surface area contributed by atoms with Crippen molar-refractivity contribution in [3.63, 3.8) is 0 Å². The first-order valence-corrected chi connectivity index (χ1v) is 2.93. The first kappa shape index (κ1) is 7.87. The van der Waals surface area contributed by atoms with Gasteiger partial charge in [0.05, 0.1) is 6.61 Å². The molecule has 0 amide bonds. The fourth-order valence-electron chi connectivity index (χ4n) is 0.854. The summed E-state index contributed by atoms with van der Waals surface area (Å²) in [7, 11) is 0. The van der Waals surface area contributed by atoms with E-state index in [1.807, 2.05) is 0 Å². The molecule has 10 heavy (non-hydrogen) atoms. The molecule has 0 spiro atoms. The molecule has 0 aromatic heterocycles. The van der Waals surface area contributed by atoms with Crippen LogP contribution in [0.4, 0.5) is 4.39 Å². The number of alkyl halides is 1. The van der Waals surface area contributed by atoms with Gasteiger partial charge in [-0.15, -0.1) is 0 Å². The van der Waals surface area contributed by atoms with E-state index in [1.165, 1.54) is 0 Å². The third-order valence-corrected chi connectivity index (χ3v) is 1.48. The van der Waals surface area contributed by atoms with Gasteiger partial charge in [-0.3, -0.25) is 0 Å². The summed E-state index contributed by atoms with van der Waals surface area (Å²) < 4.78 is 16.6. The van der Waals surface area contributed by atoms with Crippen LogP contribution in [0.3, 0.4) is 0 Å². The van der Waals surface area contributed by atoms with Crippen molar-refractivity contribution in [3.8, 4) is 0 Å². The molecule has 1 aliphatic rings. The summed E-state index contributed by atoms with van der Waals surface area (Å²) in [6.07, 6.45) is -5.73. The van der Waals surface area contributed by atoms with Gasteiger partial charge >= 0.3 is 0 Å². The second-order valence-electron chi connectivity index (χ2n) is 2.19. The number of hydrogen-bond acceptors (Lipinski definition) is 4. The average Bonchev–Trinajstić information content (AvgIpc) is 2.17. The van der Waals surface area contributed by atoms with E-state index < -0.39 is 31.3 Å². The molecular formula is C5H9FO4. The lowest BCUT2D eigenvalue weighted by Gasteiger charge is -2.09. The van der Waals surface area contributed by atoms with Gasteiger partial charge in [0, 0.05) is 0 Å². The molecule has 60 valence electrons. The highest BCUT2D eigenvalue weighted by molar-refractivity contribution is 4.85. The van der Waals surface area contributed by atoms with E-state index in [1.54, 1.807) is 0 Å². The van der Waals surface area contributed by atoms with Crippen molar-refractivity contribution in [1.29, 1.82) is 0 Å². The minimum Gasteiger partial charge on any atom is -0.394 e. The van der Waals surface area contributed by atoms with Crippen LogP contribution in [0.2, 0.25) is 0 Å². The predicted molar refractivity (Wildman–Crippen MR) is 28.9 cm³/mol. The maximum atomic E-state index is 12.3. The molecule has 0 radical (unpaired) electrons. The highest BCUT2D eigenvalue weighted by atomic mass is 19.1. The number of rotatable bonds is 1. The van der Waals surface area contributed by atoms with Gasteiger partial charge < -0.3 is 20.1 Å². The summed E-state index contributed by atoms with van der Waals surface area (Å²) >= 11 is 0. The molecule has 0 saturated carbocycles. The van der Waals surface area contributed by atoms with Crippen LogP contribution in [0.25, 0.3) is 0 Å². The molecule has 4 nitrogen and oxygen atoms in total. The van der Waals surface area contributed by atoms with Gasteiger partial charge in [0.1, 0.15) is 18.3 Å². The van der Waals surface area contributed by atoms with Gasteiger partial charge in [0.25, 0.3) is 0 Å². The molecule has 1 saturated heterocycles. The molecule has 1 fully saturated rings. The number of ether oxygens (including phenoxy) is 1. The molecule has 4 atom stereocenters. The molecule has 5 heteroatoms. The van der Waals surface area contributed by atoms with Crippen LogP contribution in [-0.4, -0.2) is 46.6 Å². The van der Waals surface area contributed by atoms with Crippen molar-refractivity contribution in [3.05, 3.63) is 0 Å². The first-order chi connectivity index (χ1) is 4.66. The van der Waals surface area contributed by atoms with Gasteiger partial charge in [0.2, 0.25) is 6.36 Å². The van der Waals surface area contributed by atoms with Crippen LogP contribution in [0, 0.1) is 0 Å². The Kier molecular flexibility index (Phi) is 2.20. The van der Waals surface area contributed by atoms with Crippen LogP contribution in [0.5, 0.6) is 0 Å². The Balaban J connectivity index is 2.53. The number of halogens is 1. The first-order valence-electron chi connectivity index (χ1n) is 2.93. The maximum absolute atomic E-state index is 12.3. The van der Waals surface area contributed by atoms with Crippen LogP contribution in [-0.2, 0) is 4.74 Å². The molecule has 1 rings (SSSR count). The van der Waals surface area contributed by atoms with Crippen molar-refractivity contribution in [2.75, 3.05) is 6.61 Å². The fourth-order valence-corrected chi connectivity index (χ4v) is 0.854. The zero-order valence-electron chi connectivity index (χ0n) is 5.14. The topological polar surface area (TPSA) is 69.9 Å². The number of aliphatic hydroxyl groups excluding tert-OH is 3. The average molecular weight is 152 g/mol. The number of hydrogen-bond donors (Lipinski definition) is 3. The Morgan fingerprint density at radius 2 is 1.90 bits per heavy atom. The largest absolute Gasteiger partial charge is 0.394 e. The molecule has 0 unspecified atom stereocenters. The van der Waals surface area contributed by atoms with Crippen LogP contribution in [0.1, 0.15) is 0 Å². The quantitative estimate of drug-likeness (QED) is 0.423. The maximum Gasteiger partial charge on any atom is 0.228 e. The van der Waals surface area contributed by atoms with Crippen molar-refractivity contribution in [2.45, 2.75) is 24.7 Å². The summed E-state index contributed by atoms with van der Waals surface area (Å²) in [5.74, 6) is 0. The molecule has 0 aromatic rings. The van der Waals surface area contributed by atoms with E-state index in [2.05, 4.69) is 4.74 Å². The lowest BCUT2D eigenvalue weighted by molar-refractivity contribution is -0.0822.